The Bertz CT molecular complexity index is 829. The van der Waals surface area contributed by atoms with Crippen LogP contribution >= 0.6 is 0 Å². The molecular formula is C28H41NO4. The van der Waals surface area contributed by atoms with Gasteiger partial charge in [0, 0.05) is 13.0 Å². The van der Waals surface area contributed by atoms with Gasteiger partial charge in [-0.05, 0) is 89.4 Å². The van der Waals surface area contributed by atoms with E-state index in [1.54, 1.807) is 0 Å². The third-order valence-corrected chi connectivity index (χ3v) is 7.70. The van der Waals surface area contributed by atoms with E-state index in [-0.39, 0.29) is 18.0 Å². The number of hydrogen-bond donors (Lipinski definition) is 0. The van der Waals surface area contributed by atoms with Crippen molar-refractivity contribution < 1.29 is 19.1 Å². The Morgan fingerprint density at radius 1 is 1.09 bits per heavy atom. The van der Waals surface area contributed by atoms with Gasteiger partial charge in [-0.3, -0.25) is 14.5 Å². The van der Waals surface area contributed by atoms with Crippen LogP contribution in [0.3, 0.4) is 0 Å². The smallest absolute Gasteiger partial charge is 0.316 e. The summed E-state index contributed by atoms with van der Waals surface area (Å²) < 4.78 is 11.7. The van der Waals surface area contributed by atoms with Crippen LogP contribution in [0.4, 0.5) is 0 Å². The summed E-state index contributed by atoms with van der Waals surface area (Å²) in [6, 6.07) is 8.47. The quantitative estimate of drug-likeness (QED) is 0.530. The predicted octanol–water partition coefficient (Wildman–Crippen LogP) is 5.19. The van der Waals surface area contributed by atoms with Crippen molar-refractivity contribution in [2.45, 2.75) is 102 Å². The lowest BCUT2D eigenvalue weighted by Crippen LogP contribution is -2.53. The summed E-state index contributed by atoms with van der Waals surface area (Å²) in [5.41, 5.74) is 1.31. The van der Waals surface area contributed by atoms with Gasteiger partial charge >= 0.3 is 11.9 Å². The molecule has 0 unspecified atom stereocenters. The molecule has 4 fully saturated rings. The molecule has 5 heteroatoms. The predicted molar refractivity (Wildman–Crippen MR) is 129 cm³/mol. The fourth-order valence-electron chi connectivity index (χ4n) is 5.91. The minimum absolute atomic E-state index is 0.00754. The second kappa shape index (κ2) is 10.2. The average Bonchev–Trinajstić information content (AvgIpc) is 2.79. The van der Waals surface area contributed by atoms with Crippen molar-refractivity contribution in [3.63, 3.8) is 0 Å². The molecule has 5 nitrogen and oxygen atoms in total. The maximum absolute atomic E-state index is 13.7. The second-order valence-corrected chi connectivity index (χ2v) is 11.4. The third kappa shape index (κ3) is 5.98. The molecule has 1 aliphatic carbocycles. The van der Waals surface area contributed by atoms with Gasteiger partial charge in [0.05, 0.1) is 5.41 Å². The van der Waals surface area contributed by atoms with Crippen LogP contribution in [0.5, 0.6) is 0 Å². The molecule has 0 N–H and O–H groups in total. The standard InChI is InChI=1S/C28H41NO4/c1-27(2,3)33-25(30)12-8-10-21-9-7-11-23(19-21)28(15-5-4-6-16-28)26(31)32-24-20-29-17-13-22(24)14-18-29/h7,9,11,19,22,24H,4-6,8,10,12-18,20H2,1-3H3/t24-/m0/s1. The SMILES string of the molecule is CC(C)(C)OC(=O)CCCc1cccc(C2(C(=O)O[C@H]3CN4CCC3CC4)CCCCC2)c1. The van der Waals surface area contributed by atoms with Gasteiger partial charge in [0.2, 0.25) is 0 Å². The number of carbonyl (C=O) groups excluding carboxylic acids is 2. The average molecular weight is 456 g/mol. The van der Waals surface area contributed by atoms with Gasteiger partial charge in [0.1, 0.15) is 11.7 Å². The number of ether oxygens (including phenoxy) is 2. The summed E-state index contributed by atoms with van der Waals surface area (Å²) in [6.07, 6.45) is 9.37. The van der Waals surface area contributed by atoms with Crippen LogP contribution in [0, 0.1) is 5.92 Å². The molecule has 5 rings (SSSR count). The Balaban J connectivity index is 1.43. The molecule has 1 atom stereocenters. The van der Waals surface area contributed by atoms with Crippen LogP contribution in [-0.2, 0) is 30.9 Å². The minimum atomic E-state index is -0.522. The Labute approximate surface area is 199 Å². The van der Waals surface area contributed by atoms with E-state index in [9.17, 15) is 9.59 Å². The first-order valence-corrected chi connectivity index (χ1v) is 13.0. The number of benzene rings is 1. The zero-order valence-corrected chi connectivity index (χ0v) is 20.7. The number of nitrogens with zero attached hydrogens (tertiary/aromatic N) is 1. The molecule has 0 spiro atoms. The number of aryl methyl sites for hydroxylation is 1. The van der Waals surface area contributed by atoms with Gasteiger partial charge in [-0.15, -0.1) is 0 Å². The first kappa shape index (κ1) is 24.3. The number of fused-ring (bicyclic) bond motifs is 3. The summed E-state index contributed by atoms with van der Waals surface area (Å²) in [7, 11) is 0. The van der Waals surface area contributed by atoms with Gasteiger partial charge in [-0.2, -0.15) is 0 Å². The summed E-state index contributed by atoms with van der Waals surface area (Å²) in [6.45, 7) is 8.88. The van der Waals surface area contributed by atoms with E-state index >= 15 is 0 Å². The van der Waals surface area contributed by atoms with E-state index in [1.165, 1.54) is 12.0 Å². The van der Waals surface area contributed by atoms with E-state index in [1.807, 2.05) is 20.8 Å². The molecule has 182 valence electrons. The number of piperidine rings is 3. The van der Waals surface area contributed by atoms with E-state index in [0.717, 1.165) is 76.6 Å². The highest BCUT2D eigenvalue weighted by Gasteiger charge is 2.45. The molecule has 1 saturated carbocycles. The first-order chi connectivity index (χ1) is 15.7. The zero-order chi connectivity index (χ0) is 23.5. The Hall–Kier alpha value is -1.88. The van der Waals surface area contributed by atoms with Crippen LogP contribution in [0.25, 0.3) is 0 Å². The number of esters is 2. The minimum Gasteiger partial charge on any atom is -0.460 e. The zero-order valence-electron chi connectivity index (χ0n) is 20.7. The maximum Gasteiger partial charge on any atom is 0.316 e. The van der Waals surface area contributed by atoms with Crippen LogP contribution < -0.4 is 0 Å². The van der Waals surface area contributed by atoms with Crippen LogP contribution in [0.15, 0.2) is 24.3 Å². The molecule has 0 radical (unpaired) electrons. The lowest BCUT2D eigenvalue weighted by atomic mass is 9.69. The van der Waals surface area contributed by atoms with E-state index in [4.69, 9.17) is 9.47 Å². The van der Waals surface area contributed by atoms with Crippen molar-refractivity contribution in [3.8, 4) is 0 Å². The number of carbonyl (C=O) groups is 2. The van der Waals surface area contributed by atoms with Crippen molar-refractivity contribution in [1.82, 2.24) is 4.90 Å². The molecule has 4 aliphatic rings. The molecule has 3 aliphatic heterocycles. The molecule has 3 saturated heterocycles. The molecule has 3 heterocycles. The molecular weight excluding hydrogens is 414 g/mol. The van der Waals surface area contributed by atoms with Gasteiger partial charge in [-0.25, -0.2) is 0 Å². The van der Waals surface area contributed by atoms with Crippen molar-refractivity contribution in [2.75, 3.05) is 19.6 Å². The van der Waals surface area contributed by atoms with Crippen molar-refractivity contribution in [1.29, 1.82) is 0 Å². The molecule has 0 aromatic heterocycles. The van der Waals surface area contributed by atoms with Gasteiger partial charge < -0.3 is 9.47 Å². The van der Waals surface area contributed by atoms with Crippen LogP contribution in [-0.4, -0.2) is 48.2 Å². The number of hydrogen-bond acceptors (Lipinski definition) is 5. The summed E-state index contributed by atoms with van der Waals surface area (Å²) in [5, 5.41) is 0. The van der Waals surface area contributed by atoms with Gasteiger partial charge in [-0.1, -0.05) is 43.5 Å². The Kier molecular flexibility index (Phi) is 7.47. The summed E-state index contributed by atoms with van der Waals surface area (Å²) in [5.74, 6) is 0.370. The van der Waals surface area contributed by atoms with Gasteiger partial charge in [0.25, 0.3) is 0 Å². The highest BCUT2D eigenvalue weighted by Crippen LogP contribution is 2.42. The molecule has 33 heavy (non-hydrogen) atoms. The van der Waals surface area contributed by atoms with E-state index < -0.39 is 11.0 Å². The normalized spacial score (nSPS) is 26.6. The first-order valence-electron chi connectivity index (χ1n) is 13.0. The monoisotopic (exact) mass is 455 g/mol. The third-order valence-electron chi connectivity index (χ3n) is 7.70. The lowest BCUT2D eigenvalue weighted by molar-refractivity contribution is -0.167. The topological polar surface area (TPSA) is 55.8 Å². The number of rotatable bonds is 7. The maximum atomic E-state index is 13.7. The van der Waals surface area contributed by atoms with Gasteiger partial charge in [0.15, 0.2) is 0 Å². The Morgan fingerprint density at radius 2 is 1.82 bits per heavy atom. The fourth-order valence-corrected chi connectivity index (χ4v) is 5.91. The molecule has 1 aromatic rings. The van der Waals surface area contributed by atoms with Crippen LogP contribution in [0.1, 0.15) is 89.7 Å². The fraction of sp³-hybridized carbons (Fsp3) is 0.714. The van der Waals surface area contributed by atoms with E-state index in [2.05, 4.69) is 29.2 Å². The molecule has 1 aromatic carbocycles. The highest BCUT2D eigenvalue weighted by atomic mass is 16.6. The van der Waals surface area contributed by atoms with Crippen LogP contribution in [0.2, 0.25) is 0 Å². The van der Waals surface area contributed by atoms with Crippen molar-refractivity contribution in [2.24, 2.45) is 5.92 Å². The molecule has 0 amide bonds. The summed E-state index contributed by atoms with van der Waals surface area (Å²) >= 11 is 0. The molecule has 2 bridgehead atoms. The van der Waals surface area contributed by atoms with Crippen molar-refractivity contribution >= 4 is 11.9 Å². The largest absolute Gasteiger partial charge is 0.460 e. The Morgan fingerprint density at radius 3 is 2.45 bits per heavy atom. The second-order valence-electron chi connectivity index (χ2n) is 11.4. The highest BCUT2D eigenvalue weighted by molar-refractivity contribution is 5.83. The summed E-state index contributed by atoms with van der Waals surface area (Å²) in [4.78, 5) is 28.2. The van der Waals surface area contributed by atoms with Crippen molar-refractivity contribution in [3.05, 3.63) is 35.4 Å². The van der Waals surface area contributed by atoms with E-state index in [0.29, 0.717) is 12.3 Å². The lowest BCUT2D eigenvalue weighted by Gasteiger charge is -2.45.